The predicted molar refractivity (Wildman–Crippen MR) is 132 cm³/mol. The van der Waals surface area contributed by atoms with Gasteiger partial charge in [0.15, 0.2) is 14.5 Å². The molecule has 6 nitrogen and oxygen atoms in total. The van der Waals surface area contributed by atoms with Crippen molar-refractivity contribution in [3.63, 3.8) is 0 Å². The van der Waals surface area contributed by atoms with Crippen LogP contribution in [0.15, 0.2) is 54.6 Å². The van der Waals surface area contributed by atoms with Gasteiger partial charge >= 0.3 is 12.3 Å². The van der Waals surface area contributed by atoms with Crippen LogP contribution in [-0.4, -0.2) is 44.4 Å². The molecule has 36 heavy (non-hydrogen) atoms. The number of alkyl halides is 3. The molecule has 1 fully saturated rings. The highest BCUT2D eigenvalue weighted by Crippen LogP contribution is 2.56. The molecule has 0 spiro atoms. The molecule has 3 unspecified atom stereocenters. The zero-order valence-electron chi connectivity index (χ0n) is 21.7. The van der Waals surface area contributed by atoms with E-state index < -0.39 is 44.1 Å². The second kappa shape index (κ2) is 10.1. The first kappa shape index (κ1) is 28.0. The first-order chi connectivity index (χ1) is 16.6. The number of ether oxygens (including phenoxy) is 3. The topological polar surface area (TPSA) is 57.2 Å². The van der Waals surface area contributed by atoms with Crippen molar-refractivity contribution >= 4 is 14.4 Å². The van der Waals surface area contributed by atoms with Crippen LogP contribution in [0.5, 0.6) is 5.75 Å². The predicted octanol–water partition coefficient (Wildman–Crippen LogP) is 6.89. The summed E-state index contributed by atoms with van der Waals surface area (Å²) in [4.78, 5) is 14.6. The van der Waals surface area contributed by atoms with Gasteiger partial charge < -0.3 is 18.6 Å². The molecule has 0 bridgehead atoms. The summed E-state index contributed by atoms with van der Waals surface area (Å²) in [5.41, 5.74) is -0.0472. The Labute approximate surface area is 211 Å². The van der Waals surface area contributed by atoms with Crippen LogP contribution in [0.4, 0.5) is 18.0 Å². The van der Waals surface area contributed by atoms with E-state index in [1.807, 2.05) is 6.07 Å². The summed E-state index contributed by atoms with van der Waals surface area (Å²) in [5.74, 6) is -2.53. The Hall–Kier alpha value is -2.56. The second-order valence-electron chi connectivity index (χ2n) is 10.8. The van der Waals surface area contributed by atoms with Gasteiger partial charge in [0.05, 0.1) is 7.11 Å². The third kappa shape index (κ3) is 5.87. The van der Waals surface area contributed by atoms with Crippen molar-refractivity contribution in [2.75, 3.05) is 7.11 Å². The normalized spacial score (nSPS) is 23.0. The van der Waals surface area contributed by atoms with E-state index in [1.54, 1.807) is 88.9 Å². The Balaban J connectivity index is 2.15. The number of hydrogen-bond acceptors (Lipinski definition) is 5. The molecular formula is C26H34F3NO5Si. The lowest BCUT2D eigenvalue weighted by Crippen LogP contribution is -2.65. The third-order valence-corrected chi connectivity index (χ3v) is 6.58. The number of nitrogens with zero attached hydrogens (tertiary/aromatic N) is 1. The molecule has 10 heteroatoms. The van der Waals surface area contributed by atoms with Crippen molar-refractivity contribution in [1.82, 2.24) is 4.90 Å². The number of rotatable bonds is 6. The van der Waals surface area contributed by atoms with Gasteiger partial charge in [-0.25, -0.2) is 4.79 Å². The van der Waals surface area contributed by atoms with E-state index in [2.05, 4.69) is 0 Å². The number of amides is 1. The van der Waals surface area contributed by atoms with Gasteiger partial charge in [-0.2, -0.15) is 13.2 Å². The van der Waals surface area contributed by atoms with Crippen LogP contribution in [0.3, 0.4) is 0 Å². The smallest absolute Gasteiger partial charge is 0.444 e. The zero-order chi connectivity index (χ0) is 26.9. The van der Waals surface area contributed by atoms with Crippen molar-refractivity contribution < 1.29 is 36.6 Å². The van der Waals surface area contributed by atoms with Crippen molar-refractivity contribution in [3.8, 4) is 5.75 Å². The van der Waals surface area contributed by atoms with Crippen molar-refractivity contribution in [1.29, 1.82) is 0 Å². The van der Waals surface area contributed by atoms with Crippen LogP contribution in [-0.2, 0) is 20.5 Å². The first-order valence-electron chi connectivity index (χ1n) is 11.7. The second-order valence-corrected chi connectivity index (χ2v) is 15.3. The van der Waals surface area contributed by atoms with Crippen molar-refractivity contribution in [2.45, 2.75) is 71.3 Å². The Kier molecular flexibility index (Phi) is 7.83. The molecule has 1 saturated heterocycles. The largest absolute Gasteiger partial charge is 0.497 e. The molecule has 0 radical (unpaired) electrons. The molecule has 0 aromatic heterocycles. The fraction of sp³-hybridized carbons (Fsp3) is 0.500. The maximum absolute atomic E-state index is 15.0. The minimum atomic E-state index is -4.94. The van der Waals surface area contributed by atoms with Crippen LogP contribution in [0, 0.1) is 5.41 Å². The van der Waals surface area contributed by atoms with Crippen LogP contribution in [0.25, 0.3) is 0 Å². The quantitative estimate of drug-likeness (QED) is 0.385. The summed E-state index contributed by atoms with van der Waals surface area (Å²) < 4.78 is 67.4. The lowest BCUT2D eigenvalue weighted by molar-refractivity contribution is -0.359. The Bertz CT molecular complexity index is 1030. The van der Waals surface area contributed by atoms with E-state index in [9.17, 15) is 18.0 Å². The molecule has 0 N–H and O–H groups in total. The molecule has 1 aliphatic heterocycles. The summed E-state index contributed by atoms with van der Waals surface area (Å²) in [6.45, 7) is 9.75. The summed E-state index contributed by atoms with van der Waals surface area (Å²) in [5, 5.41) is 0. The van der Waals surface area contributed by atoms with E-state index in [0.717, 1.165) is 4.90 Å². The van der Waals surface area contributed by atoms with Gasteiger partial charge in [0.25, 0.3) is 5.79 Å². The maximum Gasteiger partial charge on any atom is 0.444 e. The lowest BCUT2D eigenvalue weighted by Gasteiger charge is -2.45. The van der Waals surface area contributed by atoms with Gasteiger partial charge in [-0.05, 0) is 42.8 Å². The monoisotopic (exact) mass is 525 g/mol. The number of halogens is 3. The van der Waals surface area contributed by atoms with Crippen LogP contribution in [0.2, 0.25) is 19.6 Å². The Morgan fingerprint density at radius 3 is 2.08 bits per heavy atom. The Morgan fingerprint density at radius 1 is 1.03 bits per heavy atom. The fourth-order valence-electron chi connectivity index (χ4n) is 4.40. The highest BCUT2D eigenvalue weighted by Gasteiger charge is 2.74. The van der Waals surface area contributed by atoms with Crippen LogP contribution < -0.4 is 4.74 Å². The summed E-state index contributed by atoms with van der Waals surface area (Å²) in [6.07, 6.45) is -7.27. The van der Waals surface area contributed by atoms with Gasteiger partial charge in [0.2, 0.25) is 0 Å². The zero-order valence-corrected chi connectivity index (χ0v) is 22.7. The summed E-state index contributed by atoms with van der Waals surface area (Å²) in [6, 6.07) is 13.7. The molecule has 1 aliphatic rings. The molecule has 1 amide bonds. The minimum absolute atomic E-state index is 0.101. The molecule has 3 atom stereocenters. The molecule has 1 heterocycles. The average Bonchev–Trinajstić information content (AvgIpc) is 3.13. The number of methoxy groups -OCH3 is 1. The van der Waals surface area contributed by atoms with E-state index in [0.29, 0.717) is 16.9 Å². The van der Waals surface area contributed by atoms with E-state index in [-0.39, 0.29) is 6.61 Å². The number of benzene rings is 2. The van der Waals surface area contributed by atoms with E-state index >= 15 is 0 Å². The first-order valence-corrected chi connectivity index (χ1v) is 15.1. The fourth-order valence-corrected chi connectivity index (χ4v) is 5.58. The average molecular weight is 526 g/mol. The molecule has 198 valence electrons. The number of carbonyl (C=O) groups excluding carboxylic acids is 1. The number of carbonyl (C=O) groups is 1. The SMILES string of the molecule is COc1ccc(C2OC(O[Si](C)(C)C)(C(F)(F)F)C(C(C)(C)C)N2C(=O)OCc2ccccc2)cc1. The minimum Gasteiger partial charge on any atom is -0.497 e. The van der Waals surface area contributed by atoms with Gasteiger partial charge in [0, 0.05) is 5.56 Å². The van der Waals surface area contributed by atoms with Gasteiger partial charge in [0.1, 0.15) is 18.4 Å². The molecule has 0 saturated carbocycles. The van der Waals surface area contributed by atoms with E-state index in [4.69, 9.17) is 18.6 Å². The van der Waals surface area contributed by atoms with Crippen molar-refractivity contribution in [2.24, 2.45) is 5.41 Å². The van der Waals surface area contributed by atoms with Crippen LogP contribution >= 0.6 is 0 Å². The molecule has 2 aromatic rings. The molecular weight excluding hydrogens is 491 g/mol. The van der Waals surface area contributed by atoms with Gasteiger partial charge in [-0.1, -0.05) is 63.2 Å². The van der Waals surface area contributed by atoms with Crippen molar-refractivity contribution in [3.05, 3.63) is 65.7 Å². The van der Waals surface area contributed by atoms with Gasteiger partial charge in [-0.3, -0.25) is 4.90 Å². The highest BCUT2D eigenvalue weighted by atomic mass is 28.4. The van der Waals surface area contributed by atoms with E-state index in [1.165, 1.54) is 7.11 Å². The third-order valence-electron chi connectivity index (χ3n) is 5.67. The summed E-state index contributed by atoms with van der Waals surface area (Å²) in [7, 11) is -1.36. The molecule has 0 aliphatic carbocycles. The number of hydrogen-bond donors (Lipinski definition) is 0. The molecule has 3 rings (SSSR count). The standard InChI is InChI=1S/C26H34F3NO5Si/c1-24(2,3)22-25(26(27,28)29,35-36(5,6)7)34-21(19-13-15-20(32-4)16-14-19)30(22)23(31)33-17-18-11-9-8-10-12-18/h8-16,21-22H,17H2,1-7H3. The molecule has 2 aromatic carbocycles. The van der Waals surface area contributed by atoms with Gasteiger partial charge in [-0.15, -0.1) is 0 Å². The maximum atomic E-state index is 15.0. The van der Waals surface area contributed by atoms with Crippen LogP contribution in [0.1, 0.15) is 38.1 Å². The highest BCUT2D eigenvalue weighted by molar-refractivity contribution is 6.69. The Morgan fingerprint density at radius 2 is 1.61 bits per heavy atom. The lowest BCUT2D eigenvalue weighted by atomic mass is 9.80. The summed E-state index contributed by atoms with van der Waals surface area (Å²) >= 11 is 0.